The molecule has 0 saturated heterocycles. The molecular weight excluding hydrogens is 312 g/mol. The van der Waals surface area contributed by atoms with Gasteiger partial charge >= 0.3 is 6.18 Å². The number of halogens is 5. The van der Waals surface area contributed by atoms with Gasteiger partial charge in [-0.15, -0.1) is 0 Å². The number of hydrogen-bond donors (Lipinski definition) is 0. The number of rotatable bonds is 1. The Morgan fingerprint density at radius 3 is 2.22 bits per heavy atom. The molecule has 0 aliphatic carbocycles. The van der Waals surface area contributed by atoms with E-state index in [1.165, 1.54) is 24.3 Å². The van der Waals surface area contributed by atoms with E-state index in [0.717, 1.165) is 12.1 Å². The van der Waals surface area contributed by atoms with Crippen molar-refractivity contribution in [2.75, 3.05) is 0 Å². The third-order valence-electron chi connectivity index (χ3n) is 2.44. The largest absolute Gasteiger partial charge is 0.416 e. The van der Waals surface area contributed by atoms with Gasteiger partial charge in [-0.25, -0.2) is 4.39 Å². The maximum absolute atomic E-state index is 13.7. The quantitative estimate of drug-likeness (QED) is 0.628. The molecule has 0 aromatic heterocycles. The first kappa shape index (κ1) is 13.1. The molecule has 0 heterocycles. The molecule has 18 heavy (non-hydrogen) atoms. The summed E-state index contributed by atoms with van der Waals surface area (Å²) < 4.78 is 51.8. The molecule has 0 saturated carbocycles. The summed E-state index contributed by atoms with van der Waals surface area (Å²) >= 11 is 3.14. The van der Waals surface area contributed by atoms with Crippen molar-refractivity contribution in [3.8, 4) is 11.1 Å². The van der Waals surface area contributed by atoms with E-state index in [0.29, 0.717) is 4.47 Å². The highest BCUT2D eigenvalue weighted by atomic mass is 79.9. The number of hydrogen-bond acceptors (Lipinski definition) is 0. The van der Waals surface area contributed by atoms with Crippen LogP contribution in [-0.4, -0.2) is 0 Å². The van der Waals surface area contributed by atoms with Gasteiger partial charge in [0.2, 0.25) is 0 Å². The highest BCUT2D eigenvalue weighted by Gasteiger charge is 2.30. The normalized spacial score (nSPS) is 11.6. The third-order valence-corrected chi connectivity index (χ3v) is 3.10. The molecule has 0 bridgehead atoms. The minimum atomic E-state index is -4.44. The number of benzene rings is 2. The third kappa shape index (κ3) is 2.56. The Balaban J connectivity index is 2.59. The molecule has 0 N–H and O–H groups in total. The zero-order valence-electron chi connectivity index (χ0n) is 8.93. The van der Waals surface area contributed by atoms with Gasteiger partial charge in [0.25, 0.3) is 0 Å². The van der Waals surface area contributed by atoms with Crippen molar-refractivity contribution in [2.24, 2.45) is 0 Å². The van der Waals surface area contributed by atoms with Crippen molar-refractivity contribution in [1.82, 2.24) is 0 Å². The second kappa shape index (κ2) is 4.72. The second-order valence-corrected chi connectivity index (χ2v) is 4.53. The molecular formula is C13H7BrF4. The van der Waals surface area contributed by atoms with Crippen LogP contribution in [0.25, 0.3) is 11.1 Å². The van der Waals surface area contributed by atoms with E-state index in [2.05, 4.69) is 15.9 Å². The molecule has 94 valence electrons. The van der Waals surface area contributed by atoms with E-state index in [1.807, 2.05) is 0 Å². The predicted molar refractivity (Wildman–Crippen MR) is 64.5 cm³/mol. The molecule has 2 aromatic carbocycles. The SMILES string of the molecule is Fc1cccc(Br)c1-c1cccc(C(F)(F)F)c1. The Kier molecular flexibility index (Phi) is 3.43. The lowest BCUT2D eigenvalue weighted by Crippen LogP contribution is -2.04. The Labute approximate surface area is 109 Å². The highest BCUT2D eigenvalue weighted by molar-refractivity contribution is 9.10. The van der Waals surface area contributed by atoms with Crippen LogP contribution in [0.3, 0.4) is 0 Å². The molecule has 0 spiro atoms. The highest BCUT2D eigenvalue weighted by Crippen LogP contribution is 2.35. The first-order chi connectivity index (χ1) is 8.39. The molecule has 0 radical (unpaired) electrons. The van der Waals surface area contributed by atoms with Crippen molar-refractivity contribution in [3.05, 3.63) is 58.3 Å². The van der Waals surface area contributed by atoms with Gasteiger partial charge in [0.1, 0.15) is 5.82 Å². The molecule has 2 rings (SSSR count). The van der Waals surface area contributed by atoms with E-state index >= 15 is 0 Å². The maximum atomic E-state index is 13.7. The van der Waals surface area contributed by atoms with Crippen LogP contribution >= 0.6 is 15.9 Å². The van der Waals surface area contributed by atoms with Crippen LogP contribution in [0.2, 0.25) is 0 Å². The first-order valence-corrected chi connectivity index (χ1v) is 5.80. The lowest BCUT2D eigenvalue weighted by Gasteiger charge is -2.10. The summed E-state index contributed by atoms with van der Waals surface area (Å²) in [5.74, 6) is -0.566. The minimum absolute atomic E-state index is 0.128. The Hall–Kier alpha value is -1.36. The summed E-state index contributed by atoms with van der Waals surface area (Å²) in [6.45, 7) is 0. The van der Waals surface area contributed by atoms with Crippen molar-refractivity contribution < 1.29 is 17.6 Å². The minimum Gasteiger partial charge on any atom is -0.206 e. The number of alkyl halides is 3. The van der Waals surface area contributed by atoms with Crippen LogP contribution in [0.1, 0.15) is 5.56 Å². The second-order valence-electron chi connectivity index (χ2n) is 3.68. The summed E-state index contributed by atoms with van der Waals surface area (Å²) in [6.07, 6.45) is -4.44. The van der Waals surface area contributed by atoms with Gasteiger partial charge in [0.05, 0.1) is 5.56 Å². The van der Waals surface area contributed by atoms with Crippen LogP contribution < -0.4 is 0 Å². The lowest BCUT2D eigenvalue weighted by molar-refractivity contribution is -0.137. The maximum Gasteiger partial charge on any atom is 0.416 e. The van der Waals surface area contributed by atoms with Gasteiger partial charge in [-0.1, -0.05) is 34.1 Å². The molecule has 0 aliphatic rings. The fourth-order valence-electron chi connectivity index (χ4n) is 1.62. The molecule has 5 heteroatoms. The molecule has 0 amide bonds. The van der Waals surface area contributed by atoms with Gasteiger partial charge in [-0.05, 0) is 29.8 Å². The van der Waals surface area contributed by atoms with E-state index in [-0.39, 0.29) is 11.1 Å². The summed E-state index contributed by atoms with van der Waals surface area (Å²) in [6, 6.07) is 8.87. The van der Waals surface area contributed by atoms with E-state index in [9.17, 15) is 17.6 Å². The zero-order chi connectivity index (χ0) is 13.3. The van der Waals surface area contributed by atoms with Crippen molar-refractivity contribution in [3.63, 3.8) is 0 Å². The summed E-state index contributed by atoms with van der Waals surface area (Å²) in [7, 11) is 0. The molecule has 0 unspecified atom stereocenters. The standard InChI is InChI=1S/C13H7BrF4/c14-10-5-2-6-11(15)12(10)8-3-1-4-9(7-8)13(16,17)18/h1-7H. The summed E-state index contributed by atoms with van der Waals surface area (Å²) in [4.78, 5) is 0. The van der Waals surface area contributed by atoms with Crippen molar-refractivity contribution in [2.45, 2.75) is 6.18 Å². The predicted octanol–water partition coefficient (Wildman–Crippen LogP) is 5.27. The van der Waals surface area contributed by atoms with Crippen LogP contribution in [0.15, 0.2) is 46.9 Å². The Bertz CT molecular complexity index is 555. The first-order valence-electron chi connectivity index (χ1n) is 5.01. The zero-order valence-corrected chi connectivity index (χ0v) is 10.5. The van der Waals surface area contributed by atoms with E-state index in [4.69, 9.17) is 0 Å². The Morgan fingerprint density at radius 2 is 1.61 bits per heavy atom. The molecule has 0 aliphatic heterocycles. The van der Waals surface area contributed by atoms with Crippen LogP contribution in [0, 0.1) is 5.82 Å². The van der Waals surface area contributed by atoms with Crippen molar-refractivity contribution in [1.29, 1.82) is 0 Å². The van der Waals surface area contributed by atoms with Gasteiger partial charge in [0.15, 0.2) is 0 Å². The van der Waals surface area contributed by atoms with E-state index in [1.54, 1.807) is 6.07 Å². The molecule has 0 nitrogen and oxygen atoms in total. The van der Waals surface area contributed by atoms with E-state index < -0.39 is 17.6 Å². The van der Waals surface area contributed by atoms with Crippen molar-refractivity contribution >= 4 is 15.9 Å². The van der Waals surface area contributed by atoms with Gasteiger partial charge in [-0.3, -0.25) is 0 Å². The van der Waals surface area contributed by atoms with Crippen LogP contribution in [0.5, 0.6) is 0 Å². The average molecular weight is 319 g/mol. The van der Waals surface area contributed by atoms with Crippen LogP contribution in [0.4, 0.5) is 17.6 Å². The average Bonchev–Trinajstić information content (AvgIpc) is 2.28. The topological polar surface area (TPSA) is 0 Å². The fourth-order valence-corrected chi connectivity index (χ4v) is 2.20. The molecule has 0 atom stereocenters. The van der Waals surface area contributed by atoms with Gasteiger partial charge < -0.3 is 0 Å². The molecule has 2 aromatic rings. The lowest BCUT2D eigenvalue weighted by atomic mass is 10.0. The summed E-state index contributed by atoms with van der Waals surface area (Å²) in [5, 5.41) is 0. The smallest absolute Gasteiger partial charge is 0.206 e. The fraction of sp³-hybridized carbons (Fsp3) is 0.0769. The summed E-state index contributed by atoms with van der Waals surface area (Å²) in [5.41, 5.74) is -0.478. The monoisotopic (exact) mass is 318 g/mol. The van der Waals surface area contributed by atoms with Crippen LogP contribution in [-0.2, 0) is 6.18 Å². The Morgan fingerprint density at radius 1 is 0.944 bits per heavy atom. The molecule has 0 fully saturated rings. The van der Waals surface area contributed by atoms with Gasteiger partial charge in [-0.2, -0.15) is 13.2 Å². The van der Waals surface area contributed by atoms with Gasteiger partial charge in [0, 0.05) is 10.0 Å².